The largest absolute Gasteiger partial charge is 0.314 e. The monoisotopic (exact) mass is 298 g/mol. The highest BCUT2D eigenvalue weighted by Crippen LogP contribution is 2.24. The molecule has 1 aliphatic rings. The summed E-state index contributed by atoms with van der Waals surface area (Å²) in [5.41, 5.74) is 3.43. The SMILES string of the molecule is c1csc(-c2cn3ccc(CN4CCNCC4)cc3n2)c1. The summed E-state index contributed by atoms with van der Waals surface area (Å²) in [6.45, 7) is 5.45. The second-order valence-electron chi connectivity index (χ2n) is 5.43. The Balaban J connectivity index is 1.60. The summed E-state index contributed by atoms with van der Waals surface area (Å²) < 4.78 is 2.11. The fourth-order valence-corrected chi connectivity index (χ4v) is 3.47. The summed E-state index contributed by atoms with van der Waals surface area (Å²) in [7, 11) is 0. The number of imidazole rings is 1. The molecule has 21 heavy (non-hydrogen) atoms. The molecule has 4 rings (SSSR count). The molecule has 108 valence electrons. The van der Waals surface area contributed by atoms with Crippen LogP contribution in [0.2, 0.25) is 0 Å². The van der Waals surface area contributed by atoms with Crippen LogP contribution in [-0.2, 0) is 6.54 Å². The van der Waals surface area contributed by atoms with Crippen LogP contribution in [0.5, 0.6) is 0 Å². The molecule has 0 unspecified atom stereocenters. The topological polar surface area (TPSA) is 32.6 Å². The minimum Gasteiger partial charge on any atom is -0.314 e. The van der Waals surface area contributed by atoms with Crippen LogP contribution < -0.4 is 5.32 Å². The molecular formula is C16H18N4S. The molecule has 1 fully saturated rings. The number of piperazine rings is 1. The summed E-state index contributed by atoms with van der Waals surface area (Å²) in [5.74, 6) is 0. The molecule has 5 heteroatoms. The molecule has 1 aliphatic heterocycles. The smallest absolute Gasteiger partial charge is 0.137 e. The van der Waals surface area contributed by atoms with E-state index in [2.05, 4.69) is 56.7 Å². The highest BCUT2D eigenvalue weighted by atomic mass is 32.1. The number of rotatable bonds is 3. The van der Waals surface area contributed by atoms with Crippen LogP contribution in [0.3, 0.4) is 0 Å². The molecule has 0 amide bonds. The normalized spacial score (nSPS) is 16.6. The van der Waals surface area contributed by atoms with E-state index in [1.807, 2.05) is 0 Å². The van der Waals surface area contributed by atoms with Gasteiger partial charge in [-0.15, -0.1) is 11.3 Å². The quantitative estimate of drug-likeness (QED) is 0.806. The molecule has 3 aromatic rings. The van der Waals surface area contributed by atoms with E-state index in [-0.39, 0.29) is 0 Å². The molecule has 1 N–H and O–H groups in total. The number of aromatic nitrogens is 2. The summed E-state index contributed by atoms with van der Waals surface area (Å²) in [5, 5.41) is 5.48. The Morgan fingerprint density at radius 1 is 1.24 bits per heavy atom. The lowest BCUT2D eigenvalue weighted by Gasteiger charge is -2.27. The van der Waals surface area contributed by atoms with Gasteiger partial charge in [-0.3, -0.25) is 4.90 Å². The van der Waals surface area contributed by atoms with Crippen LogP contribution >= 0.6 is 11.3 Å². The lowest BCUT2D eigenvalue weighted by Crippen LogP contribution is -2.42. The minimum absolute atomic E-state index is 1.01. The maximum Gasteiger partial charge on any atom is 0.137 e. The summed E-state index contributed by atoms with van der Waals surface area (Å²) >= 11 is 1.73. The van der Waals surface area contributed by atoms with Gasteiger partial charge in [-0.05, 0) is 29.1 Å². The molecule has 0 radical (unpaired) electrons. The zero-order chi connectivity index (χ0) is 14.1. The number of pyridine rings is 1. The van der Waals surface area contributed by atoms with E-state index in [0.717, 1.165) is 44.1 Å². The number of thiophene rings is 1. The van der Waals surface area contributed by atoms with Crippen LogP contribution in [0, 0.1) is 0 Å². The van der Waals surface area contributed by atoms with Gasteiger partial charge >= 0.3 is 0 Å². The number of nitrogens with one attached hydrogen (secondary N) is 1. The standard InChI is InChI=1S/C16H18N4S/c1-2-15(21-9-1)14-12-20-6-3-13(10-16(20)18-14)11-19-7-4-17-5-8-19/h1-3,6,9-10,12,17H,4-5,7-8,11H2. The fourth-order valence-electron chi connectivity index (χ4n) is 2.79. The molecule has 0 saturated carbocycles. The summed E-state index contributed by atoms with van der Waals surface area (Å²) in [4.78, 5) is 8.47. The molecule has 0 aromatic carbocycles. The van der Waals surface area contributed by atoms with Crippen molar-refractivity contribution in [1.29, 1.82) is 0 Å². The van der Waals surface area contributed by atoms with E-state index in [4.69, 9.17) is 4.98 Å². The average Bonchev–Trinajstić information content (AvgIpc) is 3.17. The number of nitrogens with zero attached hydrogens (tertiary/aromatic N) is 3. The minimum atomic E-state index is 1.01. The van der Waals surface area contributed by atoms with Gasteiger partial charge in [0.05, 0.1) is 10.6 Å². The maximum absolute atomic E-state index is 4.75. The molecule has 0 bridgehead atoms. The van der Waals surface area contributed by atoms with Gasteiger partial charge in [-0.25, -0.2) is 4.98 Å². The van der Waals surface area contributed by atoms with Crippen molar-refractivity contribution in [2.75, 3.05) is 26.2 Å². The lowest BCUT2D eigenvalue weighted by molar-refractivity contribution is 0.233. The Hall–Kier alpha value is -1.69. The second-order valence-corrected chi connectivity index (χ2v) is 6.38. The molecular weight excluding hydrogens is 280 g/mol. The van der Waals surface area contributed by atoms with E-state index in [9.17, 15) is 0 Å². The first-order valence-corrected chi connectivity index (χ1v) is 8.21. The van der Waals surface area contributed by atoms with Crippen molar-refractivity contribution in [2.24, 2.45) is 0 Å². The van der Waals surface area contributed by atoms with Crippen LogP contribution in [-0.4, -0.2) is 40.5 Å². The van der Waals surface area contributed by atoms with Crippen molar-refractivity contribution >= 4 is 17.0 Å². The van der Waals surface area contributed by atoms with Crippen molar-refractivity contribution in [3.63, 3.8) is 0 Å². The van der Waals surface area contributed by atoms with Gasteiger partial charge in [-0.2, -0.15) is 0 Å². The molecule has 0 spiro atoms. The highest BCUT2D eigenvalue weighted by molar-refractivity contribution is 7.13. The fraction of sp³-hybridized carbons (Fsp3) is 0.312. The van der Waals surface area contributed by atoms with Gasteiger partial charge in [0.15, 0.2) is 0 Å². The van der Waals surface area contributed by atoms with E-state index < -0.39 is 0 Å². The Bertz CT molecular complexity index is 726. The Labute approximate surface area is 128 Å². The molecule has 1 saturated heterocycles. The Morgan fingerprint density at radius 2 is 2.14 bits per heavy atom. The number of fused-ring (bicyclic) bond motifs is 1. The van der Waals surface area contributed by atoms with Gasteiger partial charge < -0.3 is 9.72 Å². The zero-order valence-electron chi connectivity index (χ0n) is 11.8. The Kier molecular flexibility index (Phi) is 3.47. The van der Waals surface area contributed by atoms with Crippen molar-refractivity contribution in [3.8, 4) is 10.6 Å². The average molecular weight is 298 g/mol. The second kappa shape index (κ2) is 5.60. The first-order valence-electron chi connectivity index (χ1n) is 7.33. The van der Waals surface area contributed by atoms with Crippen LogP contribution in [0.25, 0.3) is 16.2 Å². The van der Waals surface area contributed by atoms with Gasteiger partial charge in [0.1, 0.15) is 5.65 Å². The predicted molar refractivity (Wildman–Crippen MR) is 86.7 cm³/mol. The van der Waals surface area contributed by atoms with Crippen LogP contribution in [0.4, 0.5) is 0 Å². The molecule has 4 heterocycles. The Morgan fingerprint density at radius 3 is 2.95 bits per heavy atom. The molecule has 3 aromatic heterocycles. The maximum atomic E-state index is 4.75. The van der Waals surface area contributed by atoms with Crippen LogP contribution in [0.1, 0.15) is 5.56 Å². The molecule has 4 nitrogen and oxygen atoms in total. The number of hydrogen-bond acceptors (Lipinski definition) is 4. The third kappa shape index (κ3) is 2.72. The van der Waals surface area contributed by atoms with Crippen molar-refractivity contribution in [3.05, 3.63) is 47.6 Å². The van der Waals surface area contributed by atoms with Gasteiger partial charge in [0.2, 0.25) is 0 Å². The summed E-state index contributed by atoms with van der Waals surface area (Å²) in [6.07, 6.45) is 4.23. The van der Waals surface area contributed by atoms with E-state index in [1.54, 1.807) is 11.3 Å². The molecule has 0 aliphatic carbocycles. The van der Waals surface area contributed by atoms with E-state index in [1.165, 1.54) is 10.4 Å². The van der Waals surface area contributed by atoms with Gasteiger partial charge in [0.25, 0.3) is 0 Å². The van der Waals surface area contributed by atoms with Gasteiger partial charge in [-0.1, -0.05) is 6.07 Å². The van der Waals surface area contributed by atoms with Crippen molar-refractivity contribution in [2.45, 2.75) is 6.54 Å². The van der Waals surface area contributed by atoms with Crippen molar-refractivity contribution < 1.29 is 0 Å². The lowest BCUT2D eigenvalue weighted by atomic mass is 10.2. The van der Waals surface area contributed by atoms with Crippen molar-refractivity contribution in [1.82, 2.24) is 19.6 Å². The third-order valence-electron chi connectivity index (χ3n) is 3.91. The highest BCUT2D eigenvalue weighted by Gasteiger charge is 2.11. The summed E-state index contributed by atoms with van der Waals surface area (Å²) in [6, 6.07) is 8.60. The molecule has 0 atom stereocenters. The van der Waals surface area contributed by atoms with E-state index >= 15 is 0 Å². The van der Waals surface area contributed by atoms with Gasteiger partial charge in [0, 0.05) is 45.1 Å². The third-order valence-corrected chi connectivity index (χ3v) is 4.81. The first kappa shape index (κ1) is 13.0. The zero-order valence-corrected chi connectivity index (χ0v) is 12.6. The number of hydrogen-bond donors (Lipinski definition) is 1. The van der Waals surface area contributed by atoms with Crippen LogP contribution in [0.15, 0.2) is 42.0 Å². The predicted octanol–water partition coefficient (Wildman–Crippen LogP) is 2.47. The first-order chi connectivity index (χ1) is 10.4. The van der Waals surface area contributed by atoms with E-state index in [0.29, 0.717) is 0 Å².